The van der Waals surface area contributed by atoms with Gasteiger partial charge in [0, 0.05) is 56.2 Å². The Hall–Kier alpha value is -4.07. The molecule has 3 heterocycles. The van der Waals surface area contributed by atoms with Crippen LogP contribution in [0, 0.1) is 29.4 Å². The van der Waals surface area contributed by atoms with Crippen LogP contribution in [-0.2, 0) is 20.0 Å². The number of alkyl carbamates (subject to hydrolysis) is 1. The second-order valence-corrected chi connectivity index (χ2v) is 17.5. The van der Waals surface area contributed by atoms with Crippen molar-refractivity contribution in [3.8, 4) is 0 Å². The highest BCUT2D eigenvalue weighted by Gasteiger charge is 2.53. The van der Waals surface area contributed by atoms with Gasteiger partial charge in [-0.25, -0.2) is 22.0 Å². The van der Waals surface area contributed by atoms with Gasteiger partial charge in [-0.3, -0.25) is 4.79 Å². The number of piperidine rings is 1. The third-order valence-electron chi connectivity index (χ3n) is 12.5. The van der Waals surface area contributed by atoms with Crippen molar-refractivity contribution in [3.63, 3.8) is 0 Å². The first-order valence-electron chi connectivity index (χ1n) is 19.2. The number of halogens is 2. The van der Waals surface area contributed by atoms with Crippen LogP contribution in [0.4, 0.5) is 19.3 Å². The number of hydrogen-bond acceptors (Lipinski definition) is 8. The fourth-order valence-electron chi connectivity index (χ4n) is 9.59. The van der Waals surface area contributed by atoms with Crippen molar-refractivity contribution in [3.05, 3.63) is 89.5 Å². The normalized spacial score (nSPS) is 22.6. The van der Waals surface area contributed by atoms with Gasteiger partial charge in [0.2, 0.25) is 9.84 Å². The van der Waals surface area contributed by atoms with Crippen LogP contribution in [0.15, 0.2) is 76.5 Å². The van der Waals surface area contributed by atoms with Crippen LogP contribution in [0.2, 0.25) is 0 Å². The zero-order valence-corrected chi connectivity index (χ0v) is 31.9. The van der Waals surface area contributed by atoms with Crippen molar-refractivity contribution in [1.29, 1.82) is 0 Å². The molecule has 3 atom stereocenters. The van der Waals surface area contributed by atoms with Crippen molar-refractivity contribution in [2.24, 2.45) is 17.8 Å². The predicted molar refractivity (Wildman–Crippen MR) is 202 cm³/mol. The molecule has 0 radical (unpaired) electrons. The van der Waals surface area contributed by atoms with Crippen molar-refractivity contribution >= 4 is 27.5 Å². The minimum absolute atomic E-state index is 0.00951. The number of hydrogen-bond donors (Lipinski definition) is 2. The summed E-state index contributed by atoms with van der Waals surface area (Å²) >= 11 is 0. The maximum atomic E-state index is 15.4. The maximum absolute atomic E-state index is 15.4. The first kappa shape index (κ1) is 38.2. The Labute approximate surface area is 317 Å². The van der Waals surface area contributed by atoms with Crippen LogP contribution in [-0.4, -0.2) is 103 Å². The highest BCUT2D eigenvalue weighted by Crippen LogP contribution is 2.51. The molecule has 1 aliphatic carbocycles. The molecule has 0 spiro atoms. The minimum atomic E-state index is -3.97. The molecule has 7 rings (SSSR count). The van der Waals surface area contributed by atoms with Gasteiger partial charge in [0.15, 0.2) is 0 Å². The van der Waals surface area contributed by atoms with E-state index < -0.39 is 21.7 Å². The zero-order valence-electron chi connectivity index (χ0n) is 31.1. The van der Waals surface area contributed by atoms with E-state index in [2.05, 4.69) is 26.5 Å². The molecule has 3 aliphatic heterocycles. The molecule has 290 valence electrons. The van der Waals surface area contributed by atoms with Gasteiger partial charge in [0.05, 0.1) is 22.6 Å². The van der Waals surface area contributed by atoms with Crippen LogP contribution in [0.25, 0.3) is 0 Å². The molecule has 3 saturated heterocycles. The van der Waals surface area contributed by atoms with E-state index in [4.69, 9.17) is 4.74 Å². The monoisotopic (exact) mass is 763 g/mol. The zero-order chi connectivity index (χ0) is 38.0. The van der Waals surface area contributed by atoms with Crippen LogP contribution in [0.5, 0.6) is 0 Å². The molecule has 54 heavy (non-hydrogen) atoms. The second kappa shape index (κ2) is 16.0. The molecule has 0 aromatic heterocycles. The summed E-state index contributed by atoms with van der Waals surface area (Å²) in [5.74, 6) is -0.334. The van der Waals surface area contributed by atoms with Gasteiger partial charge in [-0.1, -0.05) is 18.6 Å². The summed E-state index contributed by atoms with van der Waals surface area (Å²) in [7, 11) is -1.07. The summed E-state index contributed by atoms with van der Waals surface area (Å²) in [4.78, 5) is 31.2. The Morgan fingerprint density at radius 3 is 2.22 bits per heavy atom. The molecule has 13 heteroatoms. The third kappa shape index (κ3) is 7.59. The van der Waals surface area contributed by atoms with E-state index in [0.717, 1.165) is 89.4 Å². The summed E-state index contributed by atoms with van der Waals surface area (Å²) in [5, 5.41) is 5.66. The van der Waals surface area contributed by atoms with E-state index in [1.165, 1.54) is 56.6 Å². The fourth-order valence-corrected chi connectivity index (χ4v) is 10.9. The summed E-state index contributed by atoms with van der Waals surface area (Å²) in [6, 6.07) is 16.8. The summed E-state index contributed by atoms with van der Waals surface area (Å²) in [6.45, 7) is 6.96. The molecule has 2 amide bonds. The molecular formula is C41H51F2N5O5S. The molecule has 2 N–H and O–H groups in total. The topological polar surface area (TPSA) is 111 Å². The number of carbonyl (C=O) groups is 2. The number of anilines is 1. The Morgan fingerprint density at radius 2 is 1.59 bits per heavy atom. The first-order valence-corrected chi connectivity index (χ1v) is 20.7. The van der Waals surface area contributed by atoms with Gasteiger partial charge in [0.1, 0.15) is 11.6 Å². The number of nitrogens with zero attached hydrogens (tertiary/aromatic N) is 3. The number of carbonyl (C=O) groups excluding carboxylic acids is 2. The predicted octanol–water partition coefficient (Wildman–Crippen LogP) is 5.47. The number of methoxy groups -OCH3 is 1. The van der Waals surface area contributed by atoms with Gasteiger partial charge in [-0.05, 0) is 130 Å². The van der Waals surface area contributed by atoms with E-state index >= 15 is 4.39 Å². The lowest BCUT2D eigenvalue weighted by Crippen LogP contribution is -2.60. The van der Waals surface area contributed by atoms with Gasteiger partial charge < -0.3 is 30.1 Å². The Morgan fingerprint density at radius 1 is 0.870 bits per heavy atom. The Kier molecular flexibility index (Phi) is 11.3. The smallest absolute Gasteiger partial charge is 0.407 e. The van der Waals surface area contributed by atoms with Gasteiger partial charge in [-0.2, -0.15) is 0 Å². The number of sulfone groups is 1. The van der Waals surface area contributed by atoms with Crippen molar-refractivity contribution < 1.29 is 31.5 Å². The van der Waals surface area contributed by atoms with E-state index in [9.17, 15) is 22.4 Å². The molecule has 10 nitrogen and oxygen atoms in total. The quantitative estimate of drug-likeness (QED) is 0.250. The first-order chi connectivity index (χ1) is 26.0. The molecule has 1 saturated carbocycles. The molecule has 4 fully saturated rings. The average molecular weight is 764 g/mol. The Balaban J connectivity index is 1.01. The molecular weight excluding hydrogens is 713 g/mol. The van der Waals surface area contributed by atoms with Gasteiger partial charge in [-0.15, -0.1) is 0 Å². The maximum Gasteiger partial charge on any atom is 0.407 e. The number of ether oxygens (including phenoxy) is 1. The molecule has 1 unspecified atom stereocenters. The van der Waals surface area contributed by atoms with E-state index in [1.54, 1.807) is 6.07 Å². The van der Waals surface area contributed by atoms with Crippen LogP contribution in [0.1, 0.15) is 54.4 Å². The summed E-state index contributed by atoms with van der Waals surface area (Å²) in [5.41, 5.74) is 1.43. The number of nitrogens with one attached hydrogen (secondary N) is 2. The minimum Gasteiger partial charge on any atom is -0.453 e. The second-order valence-electron chi connectivity index (χ2n) is 15.5. The number of likely N-dealkylation sites (tertiary alicyclic amines) is 2. The van der Waals surface area contributed by atoms with Crippen molar-refractivity contribution in [2.75, 3.05) is 71.4 Å². The summed E-state index contributed by atoms with van der Waals surface area (Å²) in [6.07, 6.45) is 5.50. The highest BCUT2D eigenvalue weighted by molar-refractivity contribution is 7.91. The summed E-state index contributed by atoms with van der Waals surface area (Å²) < 4.78 is 61.9. The number of rotatable bonds is 12. The lowest BCUT2D eigenvalue weighted by atomic mass is 9.57. The van der Waals surface area contributed by atoms with Gasteiger partial charge >= 0.3 is 6.09 Å². The van der Waals surface area contributed by atoms with Crippen molar-refractivity contribution in [2.45, 2.75) is 59.8 Å². The largest absolute Gasteiger partial charge is 0.453 e. The van der Waals surface area contributed by atoms with Crippen molar-refractivity contribution in [1.82, 2.24) is 20.4 Å². The Bertz CT molecular complexity index is 1930. The average Bonchev–Trinajstić information content (AvgIpc) is 3.61. The van der Waals surface area contributed by atoms with Crippen LogP contribution < -0.4 is 15.5 Å². The SMILES string of the molecule is CNC(=O)c1ccc(S(=O)(=O)c2ccc(N3CC(CN4CCC(C(CN5CCC5)(c5cccc(F)c5)[C@H]5CCC[C@@H]5NC(=O)OC)CC4)C3)c(F)c2)cc1. The van der Waals surface area contributed by atoms with E-state index in [1.807, 2.05) is 11.0 Å². The molecule has 0 bridgehead atoms. The van der Waals surface area contributed by atoms with Crippen LogP contribution in [0.3, 0.4) is 0 Å². The standard InChI is InChI=1S/C41H51F2N5O5S/c1-44-39(49)29-10-12-33(13-11-29)54(51,52)34-14-15-38(36(43)23-34)48-25-28(26-48)24-46-20-16-30(17-21-46)41(27-47-18-5-19-47,31-6-3-7-32(42)22-31)35-8-4-9-37(35)45-40(50)53-2/h3,6-7,10-15,22-23,28,30,35,37H,4-5,8-9,16-21,24-27H2,1-2H3,(H,44,49)(H,45,50)/t35-,37-,41?/m0/s1. The lowest BCUT2D eigenvalue weighted by molar-refractivity contribution is 0.0223. The third-order valence-corrected chi connectivity index (χ3v) is 14.2. The molecule has 3 aromatic carbocycles. The van der Waals surface area contributed by atoms with Crippen LogP contribution >= 0.6 is 0 Å². The number of benzene rings is 3. The highest BCUT2D eigenvalue weighted by atomic mass is 32.2. The van der Waals surface area contributed by atoms with E-state index in [0.29, 0.717) is 36.2 Å². The molecule has 4 aliphatic rings. The molecule has 3 aromatic rings. The lowest BCUT2D eigenvalue weighted by Gasteiger charge is -2.54. The number of amides is 2. The van der Waals surface area contributed by atoms with Gasteiger partial charge in [0.25, 0.3) is 5.91 Å². The van der Waals surface area contributed by atoms with E-state index in [-0.39, 0.29) is 38.9 Å². The fraction of sp³-hybridized carbons (Fsp3) is 0.512.